The highest BCUT2D eigenvalue weighted by Crippen LogP contribution is 2.40. The van der Waals surface area contributed by atoms with Crippen LogP contribution in [0.1, 0.15) is 32.1 Å². The number of carbonyl (C=O) groups is 1. The molecule has 2 atom stereocenters. The van der Waals surface area contributed by atoms with Crippen LogP contribution >= 0.6 is 0 Å². The Kier molecular flexibility index (Phi) is 4.16. The van der Waals surface area contributed by atoms with Crippen LogP contribution < -0.4 is 5.19 Å². The van der Waals surface area contributed by atoms with Gasteiger partial charge in [0.15, 0.2) is 0 Å². The van der Waals surface area contributed by atoms with Gasteiger partial charge in [0.05, 0.1) is 8.07 Å². The van der Waals surface area contributed by atoms with E-state index in [4.69, 9.17) is 0 Å². The van der Waals surface area contributed by atoms with Crippen LogP contribution in [0.4, 0.5) is 0 Å². The van der Waals surface area contributed by atoms with Crippen LogP contribution in [0.5, 0.6) is 0 Å². The first kappa shape index (κ1) is 14.8. The summed E-state index contributed by atoms with van der Waals surface area (Å²) in [5, 5.41) is 1.55. The second-order valence-electron chi connectivity index (χ2n) is 7.45. The molecule has 0 spiro atoms. The molecular weight excluding hydrogens is 272 g/mol. The van der Waals surface area contributed by atoms with E-state index in [1.165, 1.54) is 18.9 Å². The van der Waals surface area contributed by atoms with Crippen LogP contribution in [0, 0.1) is 11.8 Å². The highest BCUT2D eigenvalue weighted by atomic mass is 28.3. The van der Waals surface area contributed by atoms with Crippen LogP contribution in [-0.2, 0) is 4.79 Å². The maximum Gasteiger partial charge on any atom is 0.136 e. The van der Waals surface area contributed by atoms with E-state index >= 15 is 0 Å². The summed E-state index contributed by atoms with van der Waals surface area (Å²) in [5.41, 5.74) is 1.63. The third kappa shape index (κ3) is 3.21. The Balaban J connectivity index is 1.72. The van der Waals surface area contributed by atoms with Crippen LogP contribution in [-0.4, -0.2) is 13.9 Å². The van der Waals surface area contributed by atoms with Gasteiger partial charge in [-0.25, -0.2) is 0 Å². The normalized spacial score (nSPS) is 26.2. The molecule has 0 aromatic heterocycles. The number of Topliss-reactive ketones (excluding diaryl/α,β-unsaturated/α-hetero) is 1. The smallest absolute Gasteiger partial charge is 0.136 e. The zero-order valence-electron chi connectivity index (χ0n) is 13.3. The summed E-state index contributed by atoms with van der Waals surface area (Å²) in [6, 6.07) is 12.3. The summed E-state index contributed by atoms with van der Waals surface area (Å²) in [5.74, 6) is 1.52. The maximum atomic E-state index is 12.0. The van der Waals surface area contributed by atoms with Crippen molar-refractivity contribution < 1.29 is 4.79 Å². The van der Waals surface area contributed by atoms with Gasteiger partial charge in [-0.05, 0) is 37.6 Å². The molecule has 3 rings (SSSR count). The Hall–Kier alpha value is -1.15. The van der Waals surface area contributed by atoms with Gasteiger partial charge in [-0.15, -0.1) is 0 Å². The van der Waals surface area contributed by atoms with Gasteiger partial charge in [-0.2, -0.15) is 0 Å². The molecule has 0 unspecified atom stereocenters. The van der Waals surface area contributed by atoms with Crippen molar-refractivity contribution >= 4 is 19.0 Å². The SMILES string of the molecule is C[Si](C)(CC1=CC[C@@H]2C(=O)CCC[C@H]2C1)c1ccccc1. The monoisotopic (exact) mass is 298 g/mol. The number of fused-ring (bicyclic) bond motifs is 1. The topological polar surface area (TPSA) is 17.1 Å². The zero-order valence-corrected chi connectivity index (χ0v) is 14.3. The molecule has 0 saturated heterocycles. The van der Waals surface area contributed by atoms with Gasteiger partial charge >= 0.3 is 0 Å². The van der Waals surface area contributed by atoms with Crippen molar-refractivity contribution in [1.29, 1.82) is 0 Å². The molecule has 1 fully saturated rings. The lowest BCUT2D eigenvalue weighted by molar-refractivity contribution is -0.126. The highest BCUT2D eigenvalue weighted by molar-refractivity contribution is 6.90. The first-order chi connectivity index (χ1) is 10.1. The van der Waals surface area contributed by atoms with E-state index in [9.17, 15) is 4.79 Å². The molecule has 2 heteroatoms. The second-order valence-corrected chi connectivity index (χ2v) is 12.2. The van der Waals surface area contributed by atoms with E-state index in [2.05, 4.69) is 49.5 Å². The first-order valence-electron chi connectivity index (χ1n) is 8.32. The minimum Gasteiger partial charge on any atom is -0.299 e. The molecule has 0 bridgehead atoms. The Morgan fingerprint density at radius 3 is 2.71 bits per heavy atom. The number of carbonyl (C=O) groups excluding carboxylic acids is 1. The van der Waals surface area contributed by atoms with Crippen LogP contribution in [0.3, 0.4) is 0 Å². The minimum atomic E-state index is -1.39. The van der Waals surface area contributed by atoms with Crippen molar-refractivity contribution in [2.75, 3.05) is 0 Å². The van der Waals surface area contributed by atoms with Crippen LogP contribution in [0.2, 0.25) is 19.1 Å². The van der Waals surface area contributed by atoms with Gasteiger partial charge in [-0.3, -0.25) is 4.79 Å². The van der Waals surface area contributed by atoms with Gasteiger partial charge < -0.3 is 0 Å². The molecule has 1 aromatic rings. The Bertz CT molecular complexity index is 544. The van der Waals surface area contributed by atoms with E-state index in [0.717, 1.165) is 19.3 Å². The standard InChI is InChI=1S/C19H26OSi/c1-21(2,17-8-4-3-5-9-17)14-15-11-12-18-16(13-15)7-6-10-19(18)20/h3-5,8-9,11,16,18H,6-7,10,12-14H2,1-2H3/t16-,18-/m0/s1. The van der Waals surface area contributed by atoms with Crippen molar-refractivity contribution in [3.63, 3.8) is 0 Å². The third-order valence-electron chi connectivity index (χ3n) is 5.39. The molecule has 0 radical (unpaired) electrons. The predicted octanol–water partition coefficient (Wildman–Crippen LogP) is 4.31. The number of hydrogen-bond acceptors (Lipinski definition) is 1. The van der Waals surface area contributed by atoms with Gasteiger partial charge in [0.2, 0.25) is 0 Å². The van der Waals surface area contributed by atoms with E-state index in [-0.39, 0.29) is 0 Å². The summed E-state index contributed by atoms with van der Waals surface area (Å²) in [4.78, 5) is 12.0. The molecule has 2 aliphatic rings. The summed E-state index contributed by atoms with van der Waals surface area (Å²) in [7, 11) is -1.39. The average Bonchev–Trinajstić information content (AvgIpc) is 2.48. The zero-order chi connectivity index (χ0) is 14.9. The van der Waals surface area contributed by atoms with Gasteiger partial charge in [0.1, 0.15) is 5.78 Å². The van der Waals surface area contributed by atoms with E-state index in [0.29, 0.717) is 17.6 Å². The van der Waals surface area contributed by atoms with Gasteiger partial charge in [-0.1, -0.05) is 60.3 Å². The molecule has 1 saturated carbocycles. The molecule has 112 valence electrons. The number of rotatable bonds is 3. The predicted molar refractivity (Wildman–Crippen MR) is 91.5 cm³/mol. The number of hydrogen-bond donors (Lipinski definition) is 0. The van der Waals surface area contributed by atoms with Crippen molar-refractivity contribution in [1.82, 2.24) is 0 Å². The van der Waals surface area contributed by atoms with Crippen molar-refractivity contribution in [2.24, 2.45) is 11.8 Å². The van der Waals surface area contributed by atoms with Gasteiger partial charge in [0, 0.05) is 12.3 Å². The Morgan fingerprint density at radius 2 is 1.95 bits per heavy atom. The quantitative estimate of drug-likeness (QED) is 0.600. The Labute approximate surface area is 129 Å². The van der Waals surface area contributed by atoms with E-state index in [1.54, 1.807) is 10.8 Å². The molecule has 0 amide bonds. The number of allylic oxidation sites excluding steroid dienone is 2. The first-order valence-corrected chi connectivity index (χ1v) is 11.5. The molecule has 1 aromatic carbocycles. The fourth-order valence-corrected chi connectivity index (χ4v) is 6.90. The van der Waals surface area contributed by atoms with Gasteiger partial charge in [0.25, 0.3) is 0 Å². The molecule has 0 N–H and O–H groups in total. The minimum absolute atomic E-state index is 0.351. The van der Waals surface area contributed by atoms with Crippen molar-refractivity contribution in [3.05, 3.63) is 42.0 Å². The summed E-state index contributed by atoms with van der Waals surface area (Å²) < 4.78 is 0. The van der Waals surface area contributed by atoms with E-state index < -0.39 is 8.07 Å². The largest absolute Gasteiger partial charge is 0.299 e. The van der Waals surface area contributed by atoms with Crippen LogP contribution in [0.25, 0.3) is 0 Å². The maximum absolute atomic E-state index is 12.0. The van der Waals surface area contributed by atoms with E-state index in [1.807, 2.05) is 0 Å². The summed E-state index contributed by atoms with van der Waals surface area (Å²) in [6.07, 6.45) is 7.81. The fourth-order valence-electron chi connectivity index (χ4n) is 4.17. The molecule has 21 heavy (non-hydrogen) atoms. The van der Waals surface area contributed by atoms with Crippen LogP contribution in [0.15, 0.2) is 42.0 Å². The molecule has 0 heterocycles. The highest BCUT2D eigenvalue weighted by Gasteiger charge is 2.35. The number of ketones is 1. The summed E-state index contributed by atoms with van der Waals surface area (Å²) >= 11 is 0. The number of benzene rings is 1. The Morgan fingerprint density at radius 1 is 1.19 bits per heavy atom. The molecule has 0 aliphatic heterocycles. The molecule has 1 nitrogen and oxygen atoms in total. The van der Waals surface area contributed by atoms with Crippen molar-refractivity contribution in [3.8, 4) is 0 Å². The second kappa shape index (κ2) is 5.92. The molecular formula is C19H26OSi. The van der Waals surface area contributed by atoms with Crippen molar-refractivity contribution in [2.45, 2.75) is 51.2 Å². The molecule has 2 aliphatic carbocycles. The fraction of sp³-hybridized carbons (Fsp3) is 0.526. The average molecular weight is 299 g/mol. The third-order valence-corrected chi connectivity index (χ3v) is 8.62. The lowest BCUT2D eigenvalue weighted by atomic mass is 9.71. The lowest BCUT2D eigenvalue weighted by Gasteiger charge is -2.36. The lowest BCUT2D eigenvalue weighted by Crippen LogP contribution is -2.42. The summed E-state index contributed by atoms with van der Waals surface area (Å²) in [6.45, 7) is 4.95.